The normalized spacial score (nSPS) is 17.7. The zero-order valence-corrected chi connectivity index (χ0v) is 12.7. The van der Waals surface area contributed by atoms with Crippen molar-refractivity contribution in [2.45, 2.75) is 31.8 Å². The van der Waals surface area contributed by atoms with Gasteiger partial charge < -0.3 is 4.74 Å². The van der Waals surface area contributed by atoms with E-state index in [9.17, 15) is 4.79 Å². The van der Waals surface area contributed by atoms with Crippen molar-refractivity contribution in [3.63, 3.8) is 0 Å². The van der Waals surface area contributed by atoms with Gasteiger partial charge >= 0.3 is 0 Å². The molecule has 102 valence electrons. The lowest BCUT2D eigenvalue weighted by molar-refractivity contribution is -0.112. The highest BCUT2D eigenvalue weighted by atomic mass is 32.3. The third-order valence-corrected chi connectivity index (χ3v) is 5.23. The smallest absolute Gasteiger partial charge is 0.152 e. The van der Waals surface area contributed by atoms with Crippen LogP contribution in [0.5, 0.6) is 5.75 Å². The molecule has 0 spiro atoms. The maximum atomic E-state index is 11.0. The number of carbonyl (C=O) groups excluding carboxylic acids is 1. The molecule has 0 aromatic heterocycles. The minimum atomic E-state index is -0.843. The number of allylic oxidation sites excluding steroid dienone is 1. The third-order valence-electron chi connectivity index (χ3n) is 2.86. The molecule has 1 aliphatic heterocycles. The van der Waals surface area contributed by atoms with E-state index >= 15 is 0 Å². The fourth-order valence-electron chi connectivity index (χ4n) is 1.78. The molecule has 0 fully saturated rings. The van der Waals surface area contributed by atoms with Gasteiger partial charge in [0.05, 0.1) is 6.10 Å². The van der Waals surface area contributed by atoms with Gasteiger partial charge in [-0.3, -0.25) is 4.79 Å². The quantitative estimate of drug-likeness (QED) is 0.747. The summed E-state index contributed by atoms with van der Waals surface area (Å²) in [7, 11) is -0.843. The molecule has 0 radical (unpaired) electrons. The molecule has 0 saturated heterocycles. The Labute approximate surface area is 116 Å². The van der Waals surface area contributed by atoms with Gasteiger partial charge in [0.25, 0.3) is 0 Å². The Morgan fingerprint density at radius 1 is 1.32 bits per heavy atom. The van der Waals surface area contributed by atoms with Crippen LogP contribution in [-0.4, -0.2) is 18.1 Å². The Balaban J connectivity index is 2.33. The molecule has 0 unspecified atom stereocenters. The summed E-state index contributed by atoms with van der Waals surface area (Å²) in [6.45, 7) is 5.61. The van der Waals surface area contributed by atoms with Crippen molar-refractivity contribution in [2.75, 3.05) is 6.26 Å². The molecule has 2 nitrogen and oxygen atoms in total. The molecule has 19 heavy (non-hydrogen) atoms. The summed E-state index contributed by atoms with van der Waals surface area (Å²) < 4.78 is 5.92. The van der Waals surface area contributed by atoms with Crippen LogP contribution in [0.1, 0.15) is 26.3 Å². The van der Waals surface area contributed by atoms with Crippen molar-refractivity contribution < 1.29 is 9.53 Å². The Kier molecular flexibility index (Phi) is 3.85. The minimum Gasteiger partial charge on any atom is -0.490 e. The first-order chi connectivity index (χ1) is 8.90. The molecule has 1 aliphatic rings. The first-order valence-corrected chi connectivity index (χ1v) is 8.53. The topological polar surface area (TPSA) is 26.3 Å². The highest BCUT2D eigenvalue weighted by Gasteiger charge is 2.28. The lowest BCUT2D eigenvalue weighted by Crippen LogP contribution is -2.07. The van der Waals surface area contributed by atoms with Gasteiger partial charge in [-0.1, -0.05) is 12.1 Å². The lowest BCUT2D eigenvalue weighted by atomic mass is 10.2. The third kappa shape index (κ3) is 3.51. The molecule has 1 aromatic carbocycles. The summed E-state index contributed by atoms with van der Waals surface area (Å²) in [5.41, 5.74) is 0.998. The second-order valence-electron chi connectivity index (χ2n) is 5.14. The van der Waals surface area contributed by atoms with E-state index in [1.54, 1.807) is 13.0 Å². The maximum absolute atomic E-state index is 11.0. The van der Waals surface area contributed by atoms with Crippen LogP contribution < -0.4 is 4.74 Å². The van der Waals surface area contributed by atoms with Crippen LogP contribution in [0.2, 0.25) is 0 Å². The monoisotopic (exact) mass is 276 g/mol. The number of hydrogen-bond acceptors (Lipinski definition) is 2. The van der Waals surface area contributed by atoms with Crippen LogP contribution in [0, 0.1) is 0 Å². The first kappa shape index (κ1) is 13.9. The molecule has 0 bridgehead atoms. The zero-order valence-electron chi connectivity index (χ0n) is 11.8. The summed E-state index contributed by atoms with van der Waals surface area (Å²) in [6, 6.07) is 6.18. The first-order valence-electron chi connectivity index (χ1n) is 6.36. The molecule has 0 saturated carbocycles. The second-order valence-corrected chi connectivity index (χ2v) is 8.22. The molecule has 2 rings (SSSR count). The van der Waals surface area contributed by atoms with E-state index in [2.05, 4.69) is 23.1 Å². The van der Waals surface area contributed by atoms with Crippen molar-refractivity contribution in [1.82, 2.24) is 0 Å². The van der Waals surface area contributed by atoms with Crippen LogP contribution >= 0.6 is 10.0 Å². The highest BCUT2D eigenvalue weighted by molar-refractivity contribution is 8.43. The van der Waals surface area contributed by atoms with Crippen molar-refractivity contribution in [1.29, 1.82) is 0 Å². The van der Waals surface area contributed by atoms with E-state index in [0.29, 0.717) is 0 Å². The summed E-state index contributed by atoms with van der Waals surface area (Å²) >= 11 is 0. The number of rotatable bonds is 5. The van der Waals surface area contributed by atoms with Crippen LogP contribution in [-0.2, 0) is 4.79 Å². The number of ketones is 1. The van der Waals surface area contributed by atoms with Gasteiger partial charge in [0, 0.05) is 4.90 Å². The molecule has 0 atom stereocenters. The average molecular weight is 276 g/mol. The molecule has 0 N–H and O–H groups in total. The molecule has 0 aliphatic carbocycles. The fourth-order valence-corrected chi connectivity index (χ4v) is 3.64. The largest absolute Gasteiger partial charge is 0.490 e. The van der Waals surface area contributed by atoms with Crippen molar-refractivity contribution in [3.05, 3.63) is 40.7 Å². The van der Waals surface area contributed by atoms with Crippen molar-refractivity contribution >= 4 is 21.9 Å². The van der Waals surface area contributed by atoms with E-state index in [1.165, 1.54) is 4.90 Å². The van der Waals surface area contributed by atoms with Gasteiger partial charge in [0.1, 0.15) is 5.75 Å². The number of benzene rings is 1. The van der Waals surface area contributed by atoms with Crippen LogP contribution in [0.25, 0.3) is 6.08 Å². The summed E-state index contributed by atoms with van der Waals surface area (Å²) in [6.07, 6.45) is 5.81. The van der Waals surface area contributed by atoms with E-state index in [4.69, 9.17) is 4.74 Å². The maximum Gasteiger partial charge on any atom is 0.152 e. The second kappa shape index (κ2) is 5.25. The SMILES string of the molecule is CC(=O)/C=C/c1ccc(S2(C)C=C2)c(OC(C)C)c1. The van der Waals surface area contributed by atoms with Crippen LogP contribution in [0.3, 0.4) is 0 Å². The Bertz CT molecular complexity index is 550. The fraction of sp³-hybridized carbons (Fsp3) is 0.312. The standard InChI is InChI=1S/C16H20O2S/c1-12(2)18-15-11-14(6-5-13(3)17)7-8-16(15)19(4)9-10-19/h5-12H,1-4H3/b6-5+. The van der Waals surface area contributed by atoms with Crippen LogP contribution in [0.4, 0.5) is 0 Å². The molecular weight excluding hydrogens is 256 g/mol. The average Bonchev–Trinajstić information content (AvgIpc) is 3.05. The van der Waals surface area contributed by atoms with Crippen molar-refractivity contribution in [3.8, 4) is 5.75 Å². The van der Waals surface area contributed by atoms with E-state index < -0.39 is 10.0 Å². The molecule has 0 amide bonds. The van der Waals surface area contributed by atoms with Gasteiger partial charge in [-0.25, -0.2) is 0 Å². The zero-order chi connectivity index (χ0) is 14.0. The van der Waals surface area contributed by atoms with Gasteiger partial charge in [-0.2, -0.15) is 10.0 Å². The van der Waals surface area contributed by atoms with E-state index in [1.807, 2.05) is 32.1 Å². The van der Waals surface area contributed by atoms with Gasteiger partial charge in [0.15, 0.2) is 5.78 Å². The molecule has 3 heteroatoms. The predicted molar refractivity (Wildman–Crippen MR) is 82.8 cm³/mol. The highest BCUT2D eigenvalue weighted by Crippen LogP contribution is 2.68. The summed E-state index contributed by atoms with van der Waals surface area (Å²) in [5.74, 6) is 0.986. The number of carbonyl (C=O) groups is 1. The summed E-state index contributed by atoms with van der Waals surface area (Å²) in [4.78, 5) is 12.3. The predicted octanol–water partition coefficient (Wildman–Crippen LogP) is 4.35. The molecule has 1 aromatic rings. The van der Waals surface area contributed by atoms with E-state index in [0.717, 1.165) is 11.3 Å². The Morgan fingerprint density at radius 3 is 2.53 bits per heavy atom. The molecule has 1 heterocycles. The van der Waals surface area contributed by atoms with Crippen LogP contribution in [0.15, 0.2) is 40.0 Å². The lowest BCUT2D eigenvalue weighted by Gasteiger charge is -2.21. The Morgan fingerprint density at radius 2 is 2.00 bits per heavy atom. The summed E-state index contributed by atoms with van der Waals surface area (Å²) in [5, 5.41) is 4.50. The number of ether oxygens (including phenoxy) is 1. The Hall–Kier alpha value is -1.48. The van der Waals surface area contributed by atoms with Crippen molar-refractivity contribution in [2.24, 2.45) is 0 Å². The number of hydrogen-bond donors (Lipinski definition) is 0. The van der Waals surface area contributed by atoms with E-state index in [-0.39, 0.29) is 11.9 Å². The van der Waals surface area contributed by atoms with Gasteiger partial charge in [-0.05, 0) is 61.6 Å². The van der Waals surface area contributed by atoms with Gasteiger partial charge in [0.2, 0.25) is 0 Å². The van der Waals surface area contributed by atoms with Gasteiger partial charge in [-0.15, -0.1) is 0 Å². The minimum absolute atomic E-state index is 0.0526. The molecular formula is C16H20O2S.